The predicted octanol–water partition coefficient (Wildman–Crippen LogP) is 3.25. The summed E-state index contributed by atoms with van der Waals surface area (Å²) in [7, 11) is 1.65. The smallest absolute Gasteiger partial charge is 0.224 e. The van der Waals surface area contributed by atoms with E-state index >= 15 is 0 Å². The van der Waals surface area contributed by atoms with Crippen LogP contribution in [0.25, 0.3) is 0 Å². The summed E-state index contributed by atoms with van der Waals surface area (Å²) in [6.07, 6.45) is 5.48. The molecule has 2 rings (SSSR count). The van der Waals surface area contributed by atoms with Crippen molar-refractivity contribution < 1.29 is 9.53 Å². The van der Waals surface area contributed by atoms with E-state index in [1.54, 1.807) is 7.11 Å². The molecule has 1 aliphatic heterocycles. The first-order chi connectivity index (χ1) is 11.6. The van der Waals surface area contributed by atoms with Gasteiger partial charge in [0.25, 0.3) is 0 Å². The average molecular weight is 332 g/mol. The summed E-state index contributed by atoms with van der Waals surface area (Å²) in [5.41, 5.74) is 1.02. The molecule has 1 atom stereocenters. The van der Waals surface area contributed by atoms with Gasteiger partial charge in [-0.3, -0.25) is 9.69 Å². The van der Waals surface area contributed by atoms with Crippen molar-refractivity contribution in [2.75, 3.05) is 26.7 Å². The van der Waals surface area contributed by atoms with E-state index in [0.29, 0.717) is 18.4 Å². The molecule has 1 amide bonds. The van der Waals surface area contributed by atoms with E-state index in [4.69, 9.17) is 4.74 Å². The number of carbonyl (C=O) groups is 1. The monoisotopic (exact) mass is 332 g/mol. The maximum absolute atomic E-state index is 12.3. The molecule has 134 valence electrons. The van der Waals surface area contributed by atoms with Crippen LogP contribution in [0.4, 0.5) is 0 Å². The summed E-state index contributed by atoms with van der Waals surface area (Å²) < 4.78 is 5.15. The molecule has 24 heavy (non-hydrogen) atoms. The van der Waals surface area contributed by atoms with Crippen molar-refractivity contribution in [3.8, 4) is 5.75 Å². The SMILES string of the molecule is COc1ccc(CC(=O)NCC(CC(C)C)N2CCCCC2)cc1. The summed E-state index contributed by atoms with van der Waals surface area (Å²) in [5, 5.41) is 3.15. The van der Waals surface area contributed by atoms with E-state index < -0.39 is 0 Å². The third kappa shape index (κ3) is 6.16. The number of benzene rings is 1. The van der Waals surface area contributed by atoms with Crippen LogP contribution < -0.4 is 10.1 Å². The first kappa shape index (κ1) is 18.8. The largest absolute Gasteiger partial charge is 0.497 e. The third-order valence-electron chi connectivity index (χ3n) is 4.71. The number of hydrogen-bond acceptors (Lipinski definition) is 3. The van der Waals surface area contributed by atoms with E-state index in [1.165, 1.54) is 32.4 Å². The first-order valence-corrected chi connectivity index (χ1v) is 9.22. The molecule has 0 spiro atoms. The molecular weight excluding hydrogens is 300 g/mol. The Balaban J connectivity index is 1.83. The molecule has 4 heteroatoms. The summed E-state index contributed by atoms with van der Waals surface area (Å²) in [6, 6.07) is 8.17. The summed E-state index contributed by atoms with van der Waals surface area (Å²) in [5.74, 6) is 1.57. The summed E-state index contributed by atoms with van der Waals surface area (Å²) in [6.45, 7) is 7.62. The molecule has 0 bridgehead atoms. The molecule has 1 heterocycles. The Morgan fingerprint density at radius 2 is 1.83 bits per heavy atom. The minimum absolute atomic E-state index is 0.103. The molecule has 0 aromatic heterocycles. The van der Waals surface area contributed by atoms with Gasteiger partial charge in [-0.05, 0) is 56.0 Å². The molecular formula is C20H32N2O2. The average Bonchev–Trinajstić information content (AvgIpc) is 2.59. The van der Waals surface area contributed by atoms with Crippen LogP contribution in [0.3, 0.4) is 0 Å². The normalized spacial score (nSPS) is 16.8. The van der Waals surface area contributed by atoms with Gasteiger partial charge in [0.1, 0.15) is 5.75 Å². The quantitative estimate of drug-likeness (QED) is 0.794. The van der Waals surface area contributed by atoms with E-state index in [9.17, 15) is 4.79 Å². The Hall–Kier alpha value is -1.55. The maximum Gasteiger partial charge on any atom is 0.224 e. The van der Waals surface area contributed by atoms with Gasteiger partial charge in [-0.15, -0.1) is 0 Å². The molecule has 1 N–H and O–H groups in total. The molecule has 4 nitrogen and oxygen atoms in total. The van der Waals surface area contributed by atoms with Crippen LogP contribution in [0.15, 0.2) is 24.3 Å². The van der Waals surface area contributed by atoms with Crippen molar-refractivity contribution in [3.05, 3.63) is 29.8 Å². The van der Waals surface area contributed by atoms with E-state index in [-0.39, 0.29) is 5.91 Å². The van der Waals surface area contributed by atoms with Gasteiger partial charge in [0, 0.05) is 12.6 Å². The van der Waals surface area contributed by atoms with E-state index in [1.807, 2.05) is 24.3 Å². The fourth-order valence-corrected chi connectivity index (χ4v) is 3.41. The molecule has 1 saturated heterocycles. The number of rotatable bonds is 8. The first-order valence-electron chi connectivity index (χ1n) is 9.22. The zero-order valence-electron chi connectivity index (χ0n) is 15.4. The van der Waals surface area contributed by atoms with E-state index in [2.05, 4.69) is 24.1 Å². The van der Waals surface area contributed by atoms with Crippen molar-refractivity contribution in [3.63, 3.8) is 0 Å². The second kappa shape index (κ2) is 9.67. The van der Waals surface area contributed by atoms with Crippen molar-refractivity contribution in [2.45, 2.75) is 52.0 Å². The fourth-order valence-electron chi connectivity index (χ4n) is 3.41. The number of hydrogen-bond donors (Lipinski definition) is 1. The molecule has 0 radical (unpaired) electrons. The third-order valence-corrected chi connectivity index (χ3v) is 4.71. The zero-order chi connectivity index (χ0) is 17.4. The highest BCUT2D eigenvalue weighted by Crippen LogP contribution is 2.17. The maximum atomic E-state index is 12.3. The number of amides is 1. The van der Waals surface area contributed by atoms with Gasteiger partial charge in [-0.1, -0.05) is 32.4 Å². The van der Waals surface area contributed by atoms with E-state index in [0.717, 1.165) is 24.3 Å². The molecule has 0 aliphatic carbocycles. The van der Waals surface area contributed by atoms with Crippen LogP contribution in [-0.2, 0) is 11.2 Å². The highest BCUT2D eigenvalue weighted by atomic mass is 16.5. The molecule has 1 aromatic rings. The molecule has 0 saturated carbocycles. The molecule has 1 aliphatic rings. The van der Waals surface area contributed by atoms with Gasteiger partial charge in [0.2, 0.25) is 5.91 Å². The Morgan fingerprint density at radius 3 is 2.42 bits per heavy atom. The second-order valence-corrected chi connectivity index (χ2v) is 7.21. The Bertz CT molecular complexity index is 493. The lowest BCUT2D eigenvalue weighted by Gasteiger charge is -2.35. The van der Waals surface area contributed by atoms with Gasteiger partial charge >= 0.3 is 0 Å². The number of methoxy groups -OCH3 is 1. The minimum Gasteiger partial charge on any atom is -0.497 e. The standard InChI is InChI=1S/C20H32N2O2/c1-16(2)13-18(22-11-5-4-6-12-22)15-21-20(23)14-17-7-9-19(24-3)10-8-17/h7-10,16,18H,4-6,11-15H2,1-3H3,(H,21,23). The Kier molecular flexibility index (Phi) is 7.57. The lowest BCUT2D eigenvalue weighted by molar-refractivity contribution is -0.120. The van der Waals surface area contributed by atoms with Crippen molar-refractivity contribution in [2.24, 2.45) is 5.92 Å². The minimum atomic E-state index is 0.103. The number of carbonyl (C=O) groups excluding carboxylic acids is 1. The Morgan fingerprint density at radius 1 is 1.17 bits per heavy atom. The molecule has 1 unspecified atom stereocenters. The van der Waals surface area contributed by atoms with Crippen molar-refractivity contribution in [1.82, 2.24) is 10.2 Å². The lowest BCUT2D eigenvalue weighted by atomic mass is 9.99. The van der Waals surface area contributed by atoms with Crippen molar-refractivity contribution in [1.29, 1.82) is 0 Å². The number of nitrogens with one attached hydrogen (secondary N) is 1. The van der Waals surface area contributed by atoms with Crippen LogP contribution >= 0.6 is 0 Å². The number of ether oxygens (including phenoxy) is 1. The van der Waals surface area contributed by atoms with Gasteiger partial charge < -0.3 is 10.1 Å². The number of nitrogens with zero attached hydrogens (tertiary/aromatic N) is 1. The lowest BCUT2D eigenvalue weighted by Crippen LogP contribution is -2.47. The Labute approximate surface area is 146 Å². The second-order valence-electron chi connectivity index (χ2n) is 7.21. The fraction of sp³-hybridized carbons (Fsp3) is 0.650. The number of likely N-dealkylation sites (tertiary alicyclic amines) is 1. The summed E-state index contributed by atoms with van der Waals surface area (Å²) in [4.78, 5) is 14.8. The van der Waals surface area contributed by atoms with Gasteiger partial charge in [-0.2, -0.15) is 0 Å². The van der Waals surface area contributed by atoms with Crippen LogP contribution in [-0.4, -0.2) is 43.6 Å². The van der Waals surface area contributed by atoms with Gasteiger partial charge in [0.15, 0.2) is 0 Å². The predicted molar refractivity (Wildman–Crippen MR) is 98.4 cm³/mol. The van der Waals surface area contributed by atoms with Gasteiger partial charge in [0.05, 0.1) is 13.5 Å². The van der Waals surface area contributed by atoms with Crippen LogP contribution in [0.2, 0.25) is 0 Å². The van der Waals surface area contributed by atoms with Crippen LogP contribution in [0, 0.1) is 5.92 Å². The van der Waals surface area contributed by atoms with Gasteiger partial charge in [-0.25, -0.2) is 0 Å². The molecule has 1 aromatic carbocycles. The summed E-state index contributed by atoms with van der Waals surface area (Å²) >= 11 is 0. The molecule has 1 fully saturated rings. The highest BCUT2D eigenvalue weighted by Gasteiger charge is 2.22. The van der Waals surface area contributed by atoms with Crippen LogP contribution in [0.1, 0.15) is 45.1 Å². The topological polar surface area (TPSA) is 41.6 Å². The van der Waals surface area contributed by atoms with Crippen molar-refractivity contribution >= 4 is 5.91 Å². The van der Waals surface area contributed by atoms with Crippen LogP contribution in [0.5, 0.6) is 5.75 Å². The highest BCUT2D eigenvalue weighted by molar-refractivity contribution is 5.78. The number of piperidine rings is 1. The zero-order valence-corrected chi connectivity index (χ0v) is 15.4.